The van der Waals surface area contributed by atoms with E-state index in [2.05, 4.69) is 25.3 Å². The highest BCUT2D eigenvalue weighted by Gasteiger charge is 2.31. The molecule has 0 saturated heterocycles. The minimum Gasteiger partial charge on any atom is -0.406 e. The van der Waals surface area contributed by atoms with Crippen molar-refractivity contribution < 1.29 is 17.9 Å². The SMILES string of the molecule is CC(C)Nc1nc(Nc2c(Cl)cccc2Cl)cc(-c2cccc(OC(F)(F)F)c2)n1. The zero-order valence-corrected chi connectivity index (χ0v) is 17.4. The van der Waals surface area contributed by atoms with E-state index in [1.807, 2.05) is 13.8 Å². The van der Waals surface area contributed by atoms with Crippen molar-refractivity contribution in [2.24, 2.45) is 0 Å². The zero-order valence-electron chi connectivity index (χ0n) is 15.9. The Hall–Kier alpha value is -2.71. The quantitative estimate of drug-likeness (QED) is 0.421. The molecule has 0 bridgehead atoms. The third kappa shape index (κ3) is 5.90. The number of benzene rings is 2. The summed E-state index contributed by atoms with van der Waals surface area (Å²) in [5.41, 5.74) is 1.25. The second-order valence-corrected chi connectivity index (χ2v) is 7.37. The molecular formula is C20H17Cl2F3N4O. The Kier molecular flexibility index (Phi) is 6.58. The summed E-state index contributed by atoms with van der Waals surface area (Å²) in [6, 6.07) is 12.2. The van der Waals surface area contributed by atoms with Gasteiger partial charge in [0.05, 0.1) is 21.4 Å². The van der Waals surface area contributed by atoms with Gasteiger partial charge in [0.25, 0.3) is 0 Å². The summed E-state index contributed by atoms with van der Waals surface area (Å²) in [5.74, 6) is 0.302. The molecule has 2 aromatic carbocycles. The average Bonchev–Trinajstić information content (AvgIpc) is 2.63. The van der Waals surface area contributed by atoms with Gasteiger partial charge in [0, 0.05) is 17.7 Å². The Labute approximate surface area is 181 Å². The first-order valence-electron chi connectivity index (χ1n) is 8.83. The van der Waals surface area contributed by atoms with E-state index in [1.54, 1.807) is 30.3 Å². The first-order valence-corrected chi connectivity index (χ1v) is 9.59. The van der Waals surface area contributed by atoms with Crippen molar-refractivity contribution in [2.75, 3.05) is 10.6 Å². The zero-order chi connectivity index (χ0) is 21.9. The summed E-state index contributed by atoms with van der Waals surface area (Å²) >= 11 is 12.4. The van der Waals surface area contributed by atoms with Gasteiger partial charge >= 0.3 is 6.36 Å². The highest BCUT2D eigenvalue weighted by atomic mass is 35.5. The summed E-state index contributed by atoms with van der Waals surface area (Å²) < 4.78 is 41.7. The number of ether oxygens (including phenoxy) is 1. The van der Waals surface area contributed by atoms with Crippen molar-refractivity contribution in [3.05, 3.63) is 58.6 Å². The van der Waals surface area contributed by atoms with Crippen molar-refractivity contribution in [3.8, 4) is 17.0 Å². The molecule has 0 unspecified atom stereocenters. The van der Waals surface area contributed by atoms with Gasteiger partial charge in [-0.15, -0.1) is 13.2 Å². The van der Waals surface area contributed by atoms with Crippen molar-refractivity contribution in [1.29, 1.82) is 0 Å². The third-order valence-corrected chi connectivity index (χ3v) is 4.35. The van der Waals surface area contributed by atoms with Crippen molar-refractivity contribution >= 4 is 40.7 Å². The van der Waals surface area contributed by atoms with Crippen LogP contribution in [0.5, 0.6) is 5.75 Å². The largest absolute Gasteiger partial charge is 0.573 e. The molecule has 1 aromatic heterocycles. The molecule has 0 aliphatic heterocycles. The van der Waals surface area contributed by atoms with E-state index in [4.69, 9.17) is 23.2 Å². The first kappa shape index (κ1) is 22.0. The number of nitrogens with zero attached hydrogens (tertiary/aromatic N) is 2. The van der Waals surface area contributed by atoms with Gasteiger partial charge in [-0.05, 0) is 38.1 Å². The minimum absolute atomic E-state index is 0.0249. The molecule has 158 valence electrons. The number of anilines is 3. The van der Waals surface area contributed by atoms with E-state index in [-0.39, 0.29) is 17.7 Å². The molecule has 5 nitrogen and oxygen atoms in total. The third-order valence-electron chi connectivity index (χ3n) is 3.72. The lowest BCUT2D eigenvalue weighted by Gasteiger charge is -2.15. The fourth-order valence-corrected chi connectivity index (χ4v) is 3.07. The molecule has 0 aliphatic rings. The van der Waals surface area contributed by atoms with E-state index in [0.29, 0.717) is 32.8 Å². The molecule has 0 atom stereocenters. The van der Waals surface area contributed by atoms with Gasteiger partial charge in [-0.1, -0.05) is 41.4 Å². The van der Waals surface area contributed by atoms with Gasteiger partial charge in [0.15, 0.2) is 0 Å². The van der Waals surface area contributed by atoms with Gasteiger partial charge in [0.1, 0.15) is 11.6 Å². The van der Waals surface area contributed by atoms with Crippen LogP contribution in [0.2, 0.25) is 10.0 Å². The Morgan fingerprint density at radius 3 is 2.27 bits per heavy atom. The predicted molar refractivity (Wildman–Crippen MR) is 113 cm³/mol. The molecule has 0 aliphatic carbocycles. The normalized spacial score (nSPS) is 11.5. The van der Waals surface area contributed by atoms with Crippen LogP contribution in [0.1, 0.15) is 13.8 Å². The summed E-state index contributed by atoms with van der Waals surface area (Å²) in [4.78, 5) is 8.80. The van der Waals surface area contributed by atoms with Gasteiger partial charge in [0.2, 0.25) is 5.95 Å². The highest BCUT2D eigenvalue weighted by Crippen LogP contribution is 2.34. The van der Waals surface area contributed by atoms with Crippen LogP contribution < -0.4 is 15.4 Å². The maximum atomic E-state index is 12.6. The Morgan fingerprint density at radius 2 is 1.63 bits per heavy atom. The fourth-order valence-electron chi connectivity index (χ4n) is 2.58. The van der Waals surface area contributed by atoms with Gasteiger partial charge < -0.3 is 15.4 Å². The lowest BCUT2D eigenvalue weighted by molar-refractivity contribution is -0.274. The van der Waals surface area contributed by atoms with E-state index in [9.17, 15) is 13.2 Å². The Bertz CT molecular complexity index is 1020. The Balaban J connectivity index is 2.02. The molecule has 3 aromatic rings. The molecule has 10 heteroatoms. The summed E-state index contributed by atoms with van der Waals surface area (Å²) in [7, 11) is 0. The monoisotopic (exact) mass is 456 g/mol. The van der Waals surface area contributed by atoms with Crippen LogP contribution in [0, 0.1) is 0 Å². The number of aromatic nitrogens is 2. The molecule has 3 rings (SSSR count). The molecule has 2 N–H and O–H groups in total. The van der Waals surface area contributed by atoms with Crippen LogP contribution in [-0.2, 0) is 0 Å². The lowest BCUT2D eigenvalue weighted by Crippen LogP contribution is -2.17. The van der Waals surface area contributed by atoms with Crippen LogP contribution in [0.3, 0.4) is 0 Å². The topological polar surface area (TPSA) is 59.1 Å². The molecular weight excluding hydrogens is 440 g/mol. The van der Waals surface area contributed by atoms with Crippen LogP contribution in [0.15, 0.2) is 48.5 Å². The molecule has 0 radical (unpaired) electrons. The smallest absolute Gasteiger partial charge is 0.406 e. The fraction of sp³-hybridized carbons (Fsp3) is 0.200. The summed E-state index contributed by atoms with van der Waals surface area (Å²) in [5, 5.41) is 6.92. The maximum absolute atomic E-state index is 12.6. The molecule has 0 amide bonds. The highest BCUT2D eigenvalue weighted by molar-refractivity contribution is 6.39. The molecule has 1 heterocycles. The summed E-state index contributed by atoms with van der Waals surface area (Å²) in [6.07, 6.45) is -4.79. The second kappa shape index (κ2) is 8.97. The van der Waals surface area contributed by atoms with Gasteiger partial charge in [-0.25, -0.2) is 4.98 Å². The number of hydrogen-bond donors (Lipinski definition) is 2. The van der Waals surface area contributed by atoms with Crippen LogP contribution in [0.4, 0.5) is 30.6 Å². The van der Waals surface area contributed by atoms with Crippen molar-refractivity contribution in [2.45, 2.75) is 26.3 Å². The number of alkyl halides is 3. The number of nitrogens with one attached hydrogen (secondary N) is 2. The number of rotatable bonds is 6. The molecule has 30 heavy (non-hydrogen) atoms. The van der Waals surface area contributed by atoms with E-state index >= 15 is 0 Å². The minimum atomic E-state index is -4.79. The number of hydrogen-bond acceptors (Lipinski definition) is 5. The van der Waals surface area contributed by atoms with E-state index in [0.717, 1.165) is 0 Å². The molecule has 0 saturated carbocycles. The number of halogens is 5. The van der Waals surface area contributed by atoms with Crippen molar-refractivity contribution in [1.82, 2.24) is 9.97 Å². The number of para-hydroxylation sites is 1. The lowest BCUT2D eigenvalue weighted by atomic mass is 10.1. The molecule has 0 spiro atoms. The summed E-state index contributed by atoms with van der Waals surface area (Å²) in [6.45, 7) is 3.82. The Morgan fingerprint density at radius 1 is 0.967 bits per heavy atom. The van der Waals surface area contributed by atoms with Gasteiger partial charge in [-0.2, -0.15) is 4.98 Å². The van der Waals surface area contributed by atoms with Crippen molar-refractivity contribution in [3.63, 3.8) is 0 Å². The predicted octanol–water partition coefficient (Wildman–Crippen LogP) is 6.91. The van der Waals surface area contributed by atoms with Crippen LogP contribution >= 0.6 is 23.2 Å². The van der Waals surface area contributed by atoms with Crippen LogP contribution in [-0.4, -0.2) is 22.4 Å². The van der Waals surface area contributed by atoms with E-state index in [1.165, 1.54) is 18.2 Å². The maximum Gasteiger partial charge on any atom is 0.573 e. The second-order valence-electron chi connectivity index (χ2n) is 6.56. The van der Waals surface area contributed by atoms with Gasteiger partial charge in [-0.3, -0.25) is 0 Å². The standard InChI is InChI=1S/C20H17Cl2F3N4O/c1-11(2)26-19-27-16(12-5-3-6-13(9-12)30-20(23,24)25)10-17(29-19)28-18-14(21)7-4-8-15(18)22/h3-11H,1-2H3,(H2,26,27,28,29). The van der Waals surface area contributed by atoms with E-state index < -0.39 is 6.36 Å². The molecule has 0 fully saturated rings. The first-order chi connectivity index (χ1) is 14.1. The average molecular weight is 457 g/mol. The van der Waals surface area contributed by atoms with Crippen LogP contribution in [0.25, 0.3) is 11.3 Å².